The molecule has 1 aromatic heterocycles. The first-order chi connectivity index (χ1) is 9.43. The van der Waals surface area contributed by atoms with Crippen LogP contribution >= 0.6 is 0 Å². The van der Waals surface area contributed by atoms with Gasteiger partial charge in [-0.05, 0) is 25.0 Å². The van der Waals surface area contributed by atoms with Crippen LogP contribution in [0, 0.1) is 0 Å². The number of carbonyl (C=O) groups excluding carboxylic acids is 1. The number of nitrogens with one attached hydrogen (secondary N) is 2. The SMILES string of the molecule is CCS(=O)(=O)NC(=O)[C@@H](N)Cc1c[nH]c2ccccc12. The number of para-hydroxylation sites is 1. The molecule has 7 heteroatoms. The van der Waals surface area contributed by atoms with Crippen molar-refractivity contribution < 1.29 is 13.2 Å². The molecule has 2 rings (SSSR count). The maximum absolute atomic E-state index is 11.8. The second-order valence-electron chi connectivity index (χ2n) is 4.54. The highest BCUT2D eigenvalue weighted by Gasteiger charge is 2.20. The van der Waals surface area contributed by atoms with Crippen LogP contribution in [0.3, 0.4) is 0 Å². The highest BCUT2D eigenvalue weighted by Crippen LogP contribution is 2.18. The summed E-state index contributed by atoms with van der Waals surface area (Å²) in [6.45, 7) is 1.46. The molecule has 0 aliphatic carbocycles. The summed E-state index contributed by atoms with van der Waals surface area (Å²) in [7, 11) is -3.57. The lowest BCUT2D eigenvalue weighted by Gasteiger charge is -2.11. The van der Waals surface area contributed by atoms with Crippen molar-refractivity contribution in [1.82, 2.24) is 9.71 Å². The number of H-pyrrole nitrogens is 1. The van der Waals surface area contributed by atoms with Crippen LogP contribution in [0.4, 0.5) is 0 Å². The van der Waals surface area contributed by atoms with Gasteiger partial charge in [-0.1, -0.05) is 18.2 Å². The van der Waals surface area contributed by atoms with E-state index in [1.165, 1.54) is 6.92 Å². The first kappa shape index (κ1) is 14.5. The standard InChI is InChI=1S/C13H17N3O3S/c1-2-20(18,19)16-13(17)11(14)7-9-8-15-12-6-4-3-5-10(9)12/h3-6,8,11,15H,2,7,14H2,1H3,(H,16,17)/t11-/m0/s1. The Labute approximate surface area is 117 Å². The van der Waals surface area contributed by atoms with Gasteiger partial charge in [0.05, 0.1) is 11.8 Å². The molecule has 0 fully saturated rings. The summed E-state index contributed by atoms with van der Waals surface area (Å²) >= 11 is 0. The van der Waals surface area contributed by atoms with Gasteiger partial charge in [-0.15, -0.1) is 0 Å². The van der Waals surface area contributed by atoms with E-state index in [1.807, 2.05) is 29.0 Å². The van der Waals surface area contributed by atoms with Gasteiger partial charge < -0.3 is 10.7 Å². The predicted molar refractivity (Wildman–Crippen MR) is 77.6 cm³/mol. The molecule has 1 atom stereocenters. The Morgan fingerprint density at radius 1 is 1.40 bits per heavy atom. The molecule has 6 nitrogen and oxygen atoms in total. The van der Waals surface area contributed by atoms with Crippen LogP contribution in [0.25, 0.3) is 10.9 Å². The minimum absolute atomic E-state index is 0.154. The number of aromatic nitrogens is 1. The van der Waals surface area contributed by atoms with Crippen molar-refractivity contribution in [3.8, 4) is 0 Å². The first-order valence-corrected chi connectivity index (χ1v) is 7.93. The zero-order valence-corrected chi connectivity index (χ0v) is 11.9. The molecule has 2 aromatic rings. The zero-order valence-electron chi connectivity index (χ0n) is 11.1. The number of amides is 1. The maximum Gasteiger partial charge on any atom is 0.250 e. The lowest BCUT2D eigenvalue weighted by molar-refractivity contribution is -0.120. The van der Waals surface area contributed by atoms with Crippen LogP contribution < -0.4 is 10.5 Å². The Hall–Kier alpha value is -1.86. The van der Waals surface area contributed by atoms with Gasteiger partial charge in [0.1, 0.15) is 0 Å². The van der Waals surface area contributed by atoms with Crippen LogP contribution in [0.1, 0.15) is 12.5 Å². The quantitative estimate of drug-likeness (QED) is 0.747. The molecule has 0 aliphatic rings. The third kappa shape index (κ3) is 3.17. The number of rotatable bonds is 5. The zero-order chi connectivity index (χ0) is 14.8. The van der Waals surface area contributed by atoms with Crippen LogP contribution in [-0.2, 0) is 21.2 Å². The number of aromatic amines is 1. The molecule has 4 N–H and O–H groups in total. The predicted octanol–water partition coefficient (Wildman–Crippen LogP) is 0.504. The van der Waals surface area contributed by atoms with Crippen LogP contribution in [0.2, 0.25) is 0 Å². The Bertz CT molecular complexity index is 721. The molecule has 1 heterocycles. The minimum atomic E-state index is -3.57. The average Bonchev–Trinajstić information content (AvgIpc) is 2.82. The molecule has 0 unspecified atom stereocenters. The summed E-state index contributed by atoms with van der Waals surface area (Å²) in [6.07, 6.45) is 2.06. The fourth-order valence-corrected chi connectivity index (χ4v) is 2.53. The van der Waals surface area contributed by atoms with E-state index < -0.39 is 22.0 Å². The smallest absolute Gasteiger partial charge is 0.250 e. The van der Waals surface area contributed by atoms with Crippen molar-refractivity contribution in [3.05, 3.63) is 36.0 Å². The molecule has 0 bridgehead atoms. The van der Waals surface area contributed by atoms with E-state index in [0.717, 1.165) is 16.5 Å². The van der Waals surface area contributed by atoms with E-state index in [4.69, 9.17) is 5.73 Å². The van der Waals surface area contributed by atoms with Gasteiger partial charge >= 0.3 is 0 Å². The molecule has 1 aromatic carbocycles. The van der Waals surface area contributed by atoms with Crippen molar-refractivity contribution in [2.24, 2.45) is 5.73 Å². The fourth-order valence-electron chi connectivity index (χ4n) is 1.93. The second kappa shape index (κ2) is 5.64. The monoisotopic (exact) mass is 295 g/mol. The van der Waals surface area contributed by atoms with Crippen molar-refractivity contribution in [2.75, 3.05) is 5.75 Å². The van der Waals surface area contributed by atoms with Gasteiger partial charge in [0, 0.05) is 17.1 Å². The van der Waals surface area contributed by atoms with Crippen molar-refractivity contribution in [2.45, 2.75) is 19.4 Å². The van der Waals surface area contributed by atoms with Crippen LogP contribution in [0.5, 0.6) is 0 Å². The molecule has 0 saturated carbocycles. The summed E-state index contributed by atoms with van der Waals surface area (Å²) in [5.74, 6) is -0.837. The molecule has 108 valence electrons. The Kier molecular flexibility index (Phi) is 4.10. The van der Waals surface area contributed by atoms with E-state index in [0.29, 0.717) is 0 Å². The Morgan fingerprint density at radius 3 is 2.80 bits per heavy atom. The topological polar surface area (TPSA) is 105 Å². The Balaban J connectivity index is 2.12. The third-order valence-electron chi connectivity index (χ3n) is 3.09. The summed E-state index contributed by atoms with van der Waals surface area (Å²) < 4.78 is 24.6. The normalized spacial score (nSPS) is 13.3. The number of sulfonamides is 1. The van der Waals surface area contributed by atoms with E-state index >= 15 is 0 Å². The second-order valence-corrected chi connectivity index (χ2v) is 6.55. The number of carbonyl (C=O) groups is 1. The van der Waals surface area contributed by atoms with Gasteiger partial charge in [-0.3, -0.25) is 9.52 Å². The first-order valence-electron chi connectivity index (χ1n) is 6.28. The lowest BCUT2D eigenvalue weighted by Crippen LogP contribution is -2.45. The van der Waals surface area contributed by atoms with Gasteiger partial charge in [-0.25, -0.2) is 8.42 Å². The number of benzene rings is 1. The molecule has 1 amide bonds. The molecule has 0 radical (unpaired) electrons. The molecule has 20 heavy (non-hydrogen) atoms. The summed E-state index contributed by atoms with van der Waals surface area (Å²) in [4.78, 5) is 14.8. The number of hydrogen-bond acceptors (Lipinski definition) is 4. The summed E-state index contributed by atoms with van der Waals surface area (Å²) in [5, 5.41) is 0.981. The van der Waals surface area contributed by atoms with E-state index in [1.54, 1.807) is 6.20 Å². The van der Waals surface area contributed by atoms with Gasteiger partial charge in [-0.2, -0.15) is 0 Å². The molecular formula is C13H17N3O3S. The number of fused-ring (bicyclic) bond motifs is 1. The van der Waals surface area contributed by atoms with E-state index in [2.05, 4.69) is 4.98 Å². The highest BCUT2D eigenvalue weighted by molar-refractivity contribution is 7.90. The van der Waals surface area contributed by atoms with Crippen molar-refractivity contribution >= 4 is 26.8 Å². The van der Waals surface area contributed by atoms with Crippen molar-refractivity contribution in [1.29, 1.82) is 0 Å². The minimum Gasteiger partial charge on any atom is -0.361 e. The van der Waals surface area contributed by atoms with Gasteiger partial charge in [0.25, 0.3) is 5.91 Å². The number of nitrogens with two attached hydrogens (primary N) is 1. The summed E-state index contributed by atoms with van der Waals surface area (Å²) in [5.41, 5.74) is 7.61. The van der Waals surface area contributed by atoms with E-state index in [-0.39, 0.29) is 12.2 Å². The van der Waals surface area contributed by atoms with E-state index in [9.17, 15) is 13.2 Å². The van der Waals surface area contributed by atoms with Crippen LogP contribution in [0.15, 0.2) is 30.5 Å². The molecule has 0 saturated heterocycles. The molecule has 0 spiro atoms. The van der Waals surface area contributed by atoms with Crippen molar-refractivity contribution in [3.63, 3.8) is 0 Å². The molecular weight excluding hydrogens is 278 g/mol. The van der Waals surface area contributed by atoms with Gasteiger partial charge in [0.15, 0.2) is 0 Å². The maximum atomic E-state index is 11.8. The van der Waals surface area contributed by atoms with Gasteiger partial charge in [0.2, 0.25) is 10.0 Å². The highest BCUT2D eigenvalue weighted by atomic mass is 32.2. The van der Waals surface area contributed by atoms with Crippen LogP contribution in [-0.4, -0.2) is 31.1 Å². The number of hydrogen-bond donors (Lipinski definition) is 3. The Morgan fingerprint density at radius 2 is 2.10 bits per heavy atom. The summed E-state index contributed by atoms with van der Waals surface area (Å²) in [6, 6.07) is 6.74. The third-order valence-corrected chi connectivity index (χ3v) is 4.36. The largest absolute Gasteiger partial charge is 0.361 e. The lowest BCUT2D eigenvalue weighted by atomic mass is 10.1. The average molecular weight is 295 g/mol. The molecule has 0 aliphatic heterocycles. The fraction of sp³-hybridized carbons (Fsp3) is 0.308.